The molecule has 72 valence electrons. The summed E-state index contributed by atoms with van der Waals surface area (Å²) in [5.41, 5.74) is 7.55. The van der Waals surface area contributed by atoms with Gasteiger partial charge in [0.05, 0.1) is 18.0 Å². The van der Waals surface area contributed by atoms with Crippen LogP contribution in [-0.4, -0.2) is 20.3 Å². The molecule has 3 N–H and O–H groups in total. The number of nitrogens with two attached hydrogens (primary N) is 1. The van der Waals surface area contributed by atoms with E-state index in [4.69, 9.17) is 10.5 Å². The first kappa shape index (κ1) is 10.6. The van der Waals surface area contributed by atoms with Crippen molar-refractivity contribution in [3.05, 3.63) is 21.8 Å². The molecule has 0 amide bonds. The largest absolute Gasteiger partial charge is 0.397 e. The average molecular weight is 292 g/mol. The Balaban J connectivity index is 2.56. The molecule has 1 rings (SSSR count). The van der Waals surface area contributed by atoms with E-state index in [2.05, 4.69) is 27.9 Å². The lowest BCUT2D eigenvalue weighted by molar-refractivity contribution is 0.211. The second-order valence-electron chi connectivity index (χ2n) is 2.65. The number of methoxy groups -OCH3 is 1. The Labute approximate surface area is 91.8 Å². The van der Waals surface area contributed by atoms with Crippen molar-refractivity contribution < 1.29 is 4.74 Å². The molecule has 0 aromatic heterocycles. The predicted molar refractivity (Wildman–Crippen MR) is 63.9 cm³/mol. The third kappa shape index (κ3) is 3.40. The van der Waals surface area contributed by atoms with Gasteiger partial charge in [-0.3, -0.25) is 0 Å². The van der Waals surface area contributed by atoms with Crippen LogP contribution in [0.5, 0.6) is 0 Å². The number of rotatable bonds is 4. The van der Waals surface area contributed by atoms with Crippen LogP contribution in [0.3, 0.4) is 0 Å². The predicted octanol–water partition coefficient (Wildman–Crippen LogP) is 1.93. The van der Waals surface area contributed by atoms with Gasteiger partial charge in [0.1, 0.15) is 0 Å². The van der Waals surface area contributed by atoms with Crippen molar-refractivity contribution in [2.75, 3.05) is 31.3 Å². The van der Waals surface area contributed by atoms with Gasteiger partial charge in [-0.2, -0.15) is 0 Å². The molecule has 0 radical (unpaired) electrons. The monoisotopic (exact) mass is 292 g/mol. The average Bonchev–Trinajstić information content (AvgIpc) is 2.09. The van der Waals surface area contributed by atoms with Gasteiger partial charge in [0.2, 0.25) is 0 Å². The number of ether oxygens (including phenoxy) is 1. The van der Waals surface area contributed by atoms with E-state index in [9.17, 15) is 0 Å². The summed E-state index contributed by atoms with van der Waals surface area (Å²) in [4.78, 5) is 0. The number of halogens is 1. The highest BCUT2D eigenvalue weighted by molar-refractivity contribution is 14.1. The molecule has 13 heavy (non-hydrogen) atoms. The molecule has 0 aliphatic heterocycles. The number of nitrogen functional groups attached to an aromatic ring is 1. The Bertz CT molecular complexity index is 278. The van der Waals surface area contributed by atoms with E-state index in [1.54, 1.807) is 7.11 Å². The van der Waals surface area contributed by atoms with Crippen molar-refractivity contribution in [2.45, 2.75) is 0 Å². The maximum absolute atomic E-state index is 5.80. The zero-order chi connectivity index (χ0) is 9.68. The van der Waals surface area contributed by atoms with Gasteiger partial charge in [-0.05, 0) is 40.8 Å². The molecule has 1 aromatic carbocycles. The molecule has 0 atom stereocenters. The summed E-state index contributed by atoms with van der Waals surface area (Å²) in [6.07, 6.45) is 0. The van der Waals surface area contributed by atoms with Gasteiger partial charge in [0.15, 0.2) is 0 Å². The summed E-state index contributed by atoms with van der Waals surface area (Å²) in [6.45, 7) is 1.46. The molecular weight excluding hydrogens is 279 g/mol. The minimum absolute atomic E-state index is 0.686. The van der Waals surface area contributed by atoms with Crippen LogP contribution in [0.15, 0.2) is 18.2 Å². The molecule has 1 aromatic rings. The number of hydrogen-bond acceptors (Lipinski definition) is 3. The first-order chi connectivity index (χ1) is 6.24. The minimum atomic E-state index is 0.686. The Morgan fingerprint density at radius 1 is 1.54 bits per heavy atom. The van der Waals surface area contributed by atoms with Crippen molar-refractivity contribution in [1.82, 2.24) is 0 Å². The fourth-order valence-corrected chi connectivity index (χ4v) is 1.50. The van der Waals surface area contributed by atoms with Crippen LogP contribution in [0.25, 0.3) is 0 Å². The molecule has 0 aliphatic carbocycles. The van der Waals surface area contributed by atoms with E-state index in [0.29, 0.717) is 6.61 Å². The van der Waals surface area contributed by atoms with E-state index in [-0.39, 0.29) is 0 Å². The number of benzene rings is 1. The number of nitrogens with one attached hydrogen (secondary N) is 1. The van der Waals surface area contributed by atoms with Crippen LogP contribution in [-0.2, 0) is 4.74 Å². The lowest BCUT2D eigenvalue weighted by Crippen LogP contribution is -2.09. The van der Waals surface area contributed by atoms with Crippen LogP contribution in [0.1, 0.15) is 0 Å². The van der Waals surface area contributed by atoms with Gasteiger partial charge in [0.25, 0.3) is 0 Å². The normalized spacial score (nSPS) is 10.0. The van der Waals surface area contributed by atoms with Gasteiger partial charge in [-0.15, -0.1) is 0 Å². The summed E-state index contributed by atoms with van der Waals surface area (Å²) in [5, 5.41) is 3.19. The van der Waals surface area contributed by atoms with Crippen molar-refractivity contribution in [2.24, 2.45) is 0 Å². The smallest absolute Gasteiger partial charge is 0.0635 e. The Kier molecular flexibility index (Phi) is 4.31. The zero-order valence-corrected chi connectivity index (χ0v) is 9.67. The van der Waals surface area contributed by atoms with Crippen molar-refractivity contribution in [1.29, 1.82) is 0 Å². The molecule has 0 saturated heterocycles. The number of anilines is 2. The maximum Gasteiger partial charge on any atom is 0.0635 e. The standard InChI is InChI=1S/C9H13IN2O/c1-13-5-4-12-9-3-2-7(10)6-8(9)11/h2-3,6,12H,4-5,11H2,1H3. The fourth-order valence-electron chi connectivity index (χ4n) is 0.982. The van der Waals surface area contributed by atoms with Crippen molar-refractivity contribution in [3.63, 3.8) is 0 Å². The maximum atomic E-state index is 5.80. The van der Waals surface area contributed by atoms with Gasteiger partial charge in [-0.1, -0.05) is 0 Å². The van der Waals surface area contributed by atoms with Crippen LogP contribution in [0.4, 0.5) is 11.4 Å². The van der Waals surface area contributed by atoms with Crippen molar-refractivity contribution in [3.8, 4) is 0 Å². The third-order valence-corrected chi connectivity index (χ3v) is 2.31. The van der Waals surface area contributed by atoms with Crippen LogP contribution >= 0.6 is 22.6 Å². The fraction of sp³-hybridized carbons (Fsp3) is 0.333. The lowest BCUT2D eigenvalue weighted by atomic mass is 10.3. The van der Waals surface area contributed by atoms with Gasteiger partial charge in [-0.25, -0.2) is 0 Å². The third-order valence-electron chi connectivity index (χ3n) is 1.64. The van der Waals surface area contributed by atoms with E-state index in [1.807, 2.05) is 18.2 Å². The molecule has 0 aliphatic rings. The quantitative estimate of drug-likeness (QED) is 0.506. The molecule has 0 fully saturated rings. The summed E-state index contributed by atoms with van der Waals surface area (Å²) >= 11 is 2.23. The highest BCUT2D eigenvalue weighted by Crippen LogP contribution is 2.20. The molecule has 0 spiro atoms. The minimum Gasteiger partial charge on any atom is -0.397 e. The summed E-state index contributed by atoms with van der Waals surface area (Å²) < 4.78 is 6.07. The Morgan fingerprint density at radius 2 is 2.31 bits per heavy atom. The van der Waals surface area contributed by atoms with Gasteiger partial charge >= 0.3 is 0 Å². The first-order valence-corrected chi connectivity index (χ1v) is 5.09. The van der Waals surface area contributed by atoms with Gasteiger partial charge in [0, 0.05) is 17.2 Å². The zero-order valence-electron chi connectivity index (χ0n) is 7.51. The SMILES string of the molecule is COCCNc1ccc(I)cc1N. The Hall–Kier alpha value is -0.490. The summed E-state index contributed by atoms with van der Waals surface area (Å²) in [5.74, 6) is 0. The van der Waals surface area contributed by atoms with E-state index in [1.165, 1.54) is 0 Å². The van der Waals surface area contributed by atoms with Crippen molar-refractivity contribution >= 4 is 34.0 Å². The highest BCUT2D eigenvalue weighted by atomic mass is 127. The van der Waals surface area contributed by atoms with Crippen LogP contribution in [0.2, 0.25) is 0 Å². The summed E-state index contributed by atoms with van der Waals surface area (Å²) in [6, 6.07) is 5.94. The first-order valence-electron chi connectivity index (χ1n) is 4.02. The van der Waals surface area contributed by atoms with Crippen LogP contribution < -0.4 is 11.1 Å². The van der Waals surface area contributed by atoms with E-state index >= 15 is 0 Å². The molecular formula is C9H13IN2O. The second-order valence-corrected chi connectivity index (χ2v) is 3.90. The topological polar surface area (TPSA) is 47.3 Å². The van der Waals surface area contributed by atoms with Crippen LogP contribution in [0, 0.1) is 3.57 Å². The molecule has 0 heterocycles. The Morgan fingerprint density at radius 3 is 2.92 bits per heavy atom. The van der Waals surface area contributed by atoms with E-state index in [0.717, 1.165) is 21.5 Å². The number of hydrogen-bond donors (Lipinski definition) is 2. The molecule has 3 nitrogen and oxygen atoms in total. The molecule has 4 heteroatoms. The molecule has 0 saturated carbocycles. The van der Waals surface area contributed by atoms with E-state index < -0.39 is 0 Å². The molecule has 0 unspecified atom stereocenters. The van der Waals surface area contributed by atoms with Gasteiger partial charge < -0.3 is 15.8 Å². The molecule has 0 bridgehead atoms. The highest BCUT2D eigenvalue weighted by Gasteiger charge is 1.97. The lowest BCUT2D eigenvalue weighted by Gasteiger charge is -2.08. The second kappa shape index (κ2) is 5.29. The summed E-state index contributed by atoms with van der Waals surface area (Å²) in [7, 11) is 1.68.